The van der Waals surface area contributed by atoms with Gasteiger partial charge in [-0.1, -0.05) is 34.1 Å². The summed E-state index contributed by atoms with van der Waals surface area (Å²) < 4.78 is 14.4. The molecule has 2 aromatic rings. The number of aromatic nitrogens is 2. The normalized spacial score (nSPS) is 15.8. The molecule has 1 atom stereocenters. The van der Waals surface area contributed by atoms with Crippen LogP contribution in [0.1, 0.15) is 77.6 Å². The summed E-state index contributed by atoms with van der Waals surface area (Å²) in [5, 5.41) is 0. The molecule has 3 rings (SSSR count). The summed E-state index contributed by atoms with van der Waals surface area (Å²) >= 11 is 0. The van der Waals surface area contributed by atoms with Crippen molar-refractivity contribution < 1.29 is 14.3 Å². The van der Waals surface area contributed by atoms with Crippen molar-refractivity contribution >= 4 is 17.4 Å². The molecule has 0 saturated heterocycles. The lowest BCUT2D eigenvalue weighted by Gasteiger charge is -2.27. The Morgan fingerprint density at radius 3 is 2.74 bits per heavy atom. The minimum Gasteiger partial charge on any atom is -0.494 e. The summed E-state index contributed by atoms with van der Waals surface area (Å²) in [6.07, 6.45) is 11.2. The van der Waals surface area contributed by atoms with E-state index < -0.39 is 0 Å². The van der Waals surface area contributed by atoms with Gasteiger partial charge in [-0.15, -0.1) is 0 Å². The number of aryl methyl sites for hydroxylation is 1. The zero-order chi connectivity index (χ0) is 22.4. The molecule has 1 aliphatic rings. The van der Waals surface area contributed by atoms with Crippen molar-refractivity contribution in [2.24, 2.45) is 12.5 Å². The molecule has 1 unspecified atom stereocenters. The fourth-order valence-corrected chi connectivity index (χ4v) is 4.05. The van der Waals surface area contributed by atoms with E-state index in [4.69, 9.17) is 9.47 Å². The summed E-state index contributed by atoms with van der Waals surface area (Å²) in [5.41, 5.74) is 1.84. The molecule has 2 heterocycles. The van der Waals surface area contributed by atoms with E-state index in [1.807, 2.05) is 56.1 Å². The van der Waals surface area contributed by atoms with Crippen LogP contribution in [0.4, 0.5) is 0 Å². The van der Waals surface area contributed by atoms with Crippen LogP contribution in [0.3, 0.4) is 0 Å². The Morgan fingerprint density at radius 1 is 1.26 bits per heavy atom. The molecule has 0 aliphatic carbocycles. The Bertz CT molecular complexity index is 926. The van der Waals surface area contributed by atoms with Gasteiger partial charge < -0.3 is 14.0 Å². The highest BCUT2D eigenvalue weighted by Crippen LogP contribution is 2.37. The van der Waals surface area contributed by atoms with Gasteiger partial charge in [-0.3, -0.25) is 4.79 Å². The Labute approximate surface area is 186 Å². The Morgan fingerprint density at radius 2 is 2.06 bits per heavy atom. The first kappa shape index (κ1) is 23.1. The molecule has 0 amide bonds. The molecule has 0 radical (unpaired) electrons. The van der Waals surface area contributed by atoms with Gasteiger partial charge in [-0.2, -0.15) is 0 Å². The lowest BCUT2D eigenvalue weighted by atomic mass is 9.81. The fourth-order valence-electron chi connectivity index (χ4n) is 4.05. The summed E-state index contributed by atoms with van der Waals surface area (Å²) in [7, 11) is 2.01. The topological polar surface area (TPSA) is 53.3 Å². The predicted octanol–water partition coefficient (Wildman–Crippen LogP) is 6.08. The molecule has 0 bridgehead atoms. The number of rotatable bonds is 11. The highest BCUT2D eigenvalue weighted by Gasteiger charge is 2.27. The molecule has 168 valence electrons. The van der Waals surface area contributed by atoms with Gasteiger partial charge in [0.05, 0.1) is 6.61 Å². The van der Waals surface area contributed by atoms with Crippen molar-refractivity contribution in [3.63, 3.8) is 0 Å². The smallest absolute Gasteiger partial charge is 0.139 e. The Balaban J connectivity index is 1.68. The monoisotopic (exact) mass is 424 g/mol. The number of hydrogen-bond donors (Lipinski definition) is 0. The minimum absolute atomic E-state index is 0.00765. The lowest BCUT2D eigenvalue weighted by Crippen LogP contribution is -2.24. The summed E-state index contributed by atoms with van der Waals surface area (Å²) in [6.45, 7) is 8.89. The van der Waals surface area contributed by atoms with Crippen LogP contribution in [-0.2, 0) is 11.8 Å². The maximum Gasteiger partial charge on any atom is 0.139 e. The number of Topliss-reactive ketones (excluding diaryl/α,β-unsaturated/α-hetero) is 1. The fraction of sp³-hybridized carbons (Fsp3) is 0.538. The number of nitrogens with zero attached hydrogens (tertiary/aromatic N) is 2. The van der Waals surface area contributed by atoms with E-state index in [1.165, 1.54) is 0 Å². The van der Waals surface area contributed by atoms with E-state index in [2.05, 4.69) is 24.9 Å². The minimum atomic E-state index is -0.281. The molecular formula is C26H36N2O3. The van der Waals surface area contributed by atoms with Crippen molar-refractivity contribution in [2.75, 3.05) is 6.61 Å². The highest BCUT2D eigenvalue weighted by molar-refractivity contribution is 5.85. The maximum absolute atomic E-state index is 12.2. The number of carbonyl (C=O) groups excluding carboxylic acids is 1. The predicted molar refractivity (Wildman–Crippen MR) is 125 cm³/mol. The first-order chi connectivity index (χ1) is 14.9. The van der Waals surface area contributed by atoms with E-state index >= 15 is 0 Å². The second-order valence-corrected chi connectivity index (χ2v) is 9.07. The Kier molecular flexibility index (Phi) is 7.58. The van der Waals surface area contributed by atoms with Crippen molar-refractivity contribution in [1.29, 1.82) is 0 Å². The van der Waals surface area contributed by atoms with Gasteiger partial charge in [-0.05, 0) is 50.0 Å². The average Bonchev–Trinajstić information content (AvgIpc) is 3.17. The molecule has 1 aromatic carbocycles. The summed E-state index contributed by atoms with van der Waals surface area (Å²) in [5.74, 6) is 2.99. The number of ketones is 1. The molecule has 0 saturated carbocycles. The van der Waals surface area contributed by atoms with E-state index in [9.17, 15) is 4.79 Å². The molecule has 5 heteroatoms. The highest BCUT2D eigenvalue weighted by atomic mass is 16.5. The maximum atomic E-state index is 12.2. The molecule has 0 N–H and O–H groups in total. The van der Waals surface area contributed by atoms with E-state index in [0.29, 0.717) is 18.8 Å². The SMILES string of the molecule is CCCC(=O)C(C)(C)CCCOc1ccc2c(c1)C=C(c1nccn1C)C(CCC)O2. The van der Waals surface area contributed by atoms with Crippen molar-refractivity contribution in [1.82, 2.24) is 9.55 Å². The molecule has 5 nitrogen and oxygen atoms in total. The molecule has 31 heavy (non-hydrogen) atoms. The molecule has 0 fully saturated rings. The van der Waals surface area contributed by atoms with Gasteiger partial charge in [0.2, 0.25) is 0 Å². The second-order valence-electron chi connectivity index (χ2n) is 9.07. The van der Waals surface area contributed by atoms with Crippen molar-refractivity contribution in [3.8, 4) is 11.5 Å². The number of ether oxygens (including phenoxy) is 2. The quantitative estimate of drug-likeness (QED) is 0.410. The van der Waals surface area contributed by atoms with Gasteiger partial charge in [0.25, 0.3) is 0 Å². The average molecular weight is 425 g/mol. The number of benzene rings is 1. The van der Waals surface area contributed by atoms with Crippen LogP contribution < -0.4 is 9.47 Å². The van der Waals surface area contributed by atoms with Crippen LogP contribution in [-0.4, -0.2) is 28.0 Å². The van der Waals surface area contributed by atoms with Gasteiger partial charge in [0, 0.05) is 42.4 Å². The number of fused-ring (bicyclic) bond motifs is 1. The molecular weight excluding hydrogens is 388 g/mol. The zero-order valence-corrected chi connectivity index (χ0v) is 19.6. The third-order valence-electron chi connectivity index (χ3n) is 5.99. The standard InChI is InChI=1S/C26H36N2O3/c1-6-9-23-21(25-27-14-15-28(25)5)18-19-17-20(11-12-22(19)31-23)30-16-8-13-26(3,4)24(29)10-7-2/h11-12,14-15,17-18,23H,6-10,13,16H2,1-5H3. The van der Waals surface area contributed by atoms with Crippen LogP contribution >= 0.6 is 0 Å². The third kappa shape index (κ3) is 5.57. The van der Waals surface area contributed by atoms with E-state index in [1.54, 1.807) is 0 Å². The van der Waals surface area contributed by atoms with Gasteiger partial charge in [-0.25, -0.2) is 4.98 Å². The van der Waals surface area contributed by atoms with Crippen LogP contribution in [0.5, 0.6) is 11.5 Å². The van der Waals surface area contributed by atoms with E-state index in [-0.39, 0.29) is 11.5 Å². The van der Waals surface area contributed by atoms with Crippen LogP contribution in [0, 0.1) is 5.41 Å². The number of hydrogen-bond acceptors (Lipinski definition) is 4. The number of imidazole rings is 1. The second kappa shape index (κ2) is 10.2. The van der Waals surface area contributed by atoms with Crippen molar-refractivity contribution in [3.05, 3.63) is 42.0 Å². The Hall–Kier alpha value is -2.56. The van der Waals surface area contributed by atoms with Gasteiger partial charge >= 0.3 is 0 Å². The largest absolute Gasteiger partial charge is 0.494 e. The molecule has 1 aromatic heterocycles. The lowest BCUT2D eigenvalue weighted by molar-refractivity contribution is -0.127. The van der Waals surface area contributed by atoms with Crippen LogP contribution in [0.15, 0.2) is 30.6 Å². The third-order valence-corrected chi connectivity index (χ3v) is 5.99. The molecule has 0 spiro atoms. The first-order valence-corrected chi connectivity index (χ1v) is 11.5. The van der Waals surface area contributed by atoms with Gasteiger partial charge in [0.15, 0.2) is 0 Å². The van der Waals surface area contributed by atoms with Gasteiger partial charge in [0.1, 0.15) is 29.2 Å². The van der Waals surface area contributed by atoms with Crippen LogP contribution in [0.25, 0.3) is 11.6 Å². The molecule has 1 aliphatic heterocycles. The zero-order valence-electron chi connectivity index (χ0n) is 19.6. The first-order valence-electron chi connectivity index (χ1n) is 11.5. The number of carbonyl (C=O) groups is 1. The summed E-state index contributed by atoms with van der Waals surface area (Å²) in [4.78, 5) is 16.8. The summed E-state index contributed by atoms with van der Waals surface area (Å²) in [6, 6.07) is 6.00. The van der Waals surface area contributed by atoms with Crippen LogP contribution in [0.2, 0.25) is 0 Å². The van der Waals surface area contributed by atoms with Crippen molar-refractivity contribution in [2.45, 2.75) is 72.3 Å². The van der Waals surface area contributed by atoms with E-state index in [0.717, 1.165) is 60.6 Å².